The molecule has 0 amide bonds. The zero-order valence-electron chi connectivity index (χ0n) is 18.2. The average molecular weight is 460 g/mol. The molecule has 1 N–H and O–H groups in total. The maximum Gasteiger partial charge on any atom is 0.266 e. The van der Waals surface area contributed by atoms with Crippen molar-refractivity contribution in [2.45, 2.75) is 31.4 Å². The maximum absolute atomic E-state index is 14.5. The van der Waals surface area contributed by atoms with Crippen LogP contribution in [0.2, 0.25) is 0 Å². The number of ether oxygens (including phenoxy) is 2. The number of aromatic nitrogens is 3. The Hall–Kier alpha value is -2.98. The summed E-state index contributed by atoms with van der Waals surface area (Å²) >= 11 is 0. The number of hydrogen-bond acceptors (Lipinski definition) is 6. The smallest absolute Gasteiger partial charge is 0.266 e. The van der Waals surface area contributed by atoms with Crippen molar-refractivity contribution in [3.63, 3.8) is 0 Å². The third-order valence-electron chi connectivity index (χ3n) is 6.81. The zero-order valence-corrected chi connectivity index (χ0v) is 18.2. The SMILES string of the molecule is COC1(c2cc3c(NCc4cccc(C(F)F)c4F)ncnc3n(C)c2=O)CC2(COC2)C1. The van der Waals surface area contributed by atoms with Gasteiger partial charge in [0.05, 0.1) is 35.3 Å². The summed E-state index contributed by atoms with van der Waals surface area (Å²) in [4.78, 5) is 21.7. The van der Waals surface area contributed by atoms with E-state index >= 15 is 0 Å². The first-order valence-corrected chi connectivity index (χ1v) is 10.6. The Morgan fingerprint density at radius 2 is 2.03 bits per heavy atom. The molecule has 1 saturated carbocycles. The van der Waals surface area contributed by atoms with Gasteiger partial charge in [-0.05, 0) is 18.9 Å². The molecule has 2 aliphatic rings. The zero-order chi connectivity index (χ0) is 23.4. The Morgan fingerprint density at radius 1 is 1.27 bits per heavy atom. The first-order chi connectivity index (χ1) is 15.8. The Bertz CT molecular complexity index is 1280. The van der Waals surface area contributed by atoms with Crippen molar-refractivity contribution in [2.75, 3.05) is 25.6 Å². The van der Waals surface area contributed by atoms with Crippen LogP contribution in [0.3, 0.4) is 0 Å². The summed E-state index contributed by atoms with van der Waals surface area (Å²) < 4.78 is 53.2. The summed E-state index contributed by atoms with van der Waals surface area (Å²) in [6, 6.07) is 5.61. The number of pyridine rings is 1. The standard InChI is InChI=1S/C23H23F3N4O3/c1-30-20-15(6-16(21(30)31)23(32-2)8-22(9-23)10-33-11-22)19(28-12-29-20)27-7-13-4-3-5-14(17(13)24)18(25)26/h3-6,12,18H,7-11H2,1-2H3,(H,27,28,29). The van der Waals surface area contributed by atoms with Crippen molar-refractivity contribution >= 4 is 16.9 Å². The van der Waals surface area contributed by atoms with Crippen molar-refractivity contribution in [3.05, 3.63) is 63.5 Å². The molecule has 3 heterocycles. The van der Waals surface area contributed by atoms with Crippen molar-refractivity contribution in [3.8, 4) is 0 Å². The molecule has 0 bridgehead atoms. The number of fused-ring (bicyclic) bond motifs is 1. The van der Waals surface area contributed by atoms with Gasteiger partial charge in [-0.3, -0.25) is 9.36 Å². The topological polar surface area (TPSA) is 78.3 Å². The van der Waals surface area contributed by atoms with Crippen LogP contribution in [-0.2, 0) is 28.7 Å². The summed E-state index contributed by atoms with van der Waals surface area (Å²) in [7, 11) is 3.22. The third-order valence-corrected chi connectivity index (χ3v) is 6.81. The molecule has 2 aromatic heterocycles. The highest BCUT2D eigenvalue weighted by Gasteiger charge is 2.60. The number of alkyl halides is 2. The van der Waals surface area contributed by atoms with Gasteiger partial charge >= 0.3 is 0 Å². The molecule has 0 unspecified atom stereocenters. The van der Waals surface area contributed by atoms with Crippen LogP contribution >= 0.6 is 0 Å². The van der Waals surface area contributed by atoms with Gasteiger partial charge in [-0.1, -0.05) is 18.2 Å². The van der Waals surface area contributed by atoms with E-state index in [2.05, 4.69) is 15.3 Å². The lowest BCUT2D eigenvalue weighted by Crippen LogP contribution is -2.61. The molecular weight excluding hydrogens is 437 g/mol. The summed E-state index contributed by atoms with van der Waals surface area (Å²) in [5, 5.41) is 3.57. The van der Waals surface area contributed by atoms with E-state index in [1.165, 1.54) is 23.0 Å². The van der Waals surface area contributed by atoms with Crippen LogP contribution in [0.25, 0.3) is 11.0 Å². The summed E-state index contributed by atoms with van der Waals surface area (Å²) in [6.45, 7) is 1.25. The van der Waals surface area contributed by atoms with Gasteiger partial charge in [-0.15, -0.1) is 0 Å². The molecule has 174 valence electrons. The minimum Gasteiger partial charge on any atom is -0.380 e. The molecule has 5 rings (SSSR count). The van der Waals surface area contributed by atoms with Gasteiger partial charge in [-0.25, -0.2) is 23.1 Å². The summed E-state index contributed by atoms with van der Waals surface area (Å²) in [6.07, 6.45) is -0.246. The van der Waals surface area contributed by atoms with Gasteiger partial charge in [0.1, 0.15) is 23.6 Å². The second kappa shape index (κ2) is 7.81. The van der Waals surface area contributed by atoms with E-state index in [1.807, 2.05) is 0 Å². The van der Waals surface area contributed by atoms with Gasteiger partial charge in [0.15, 0.2) is 0 Å². The molecule has 1 aliphatic heterocycles. The Morgan fingerprint density at radius 3 is 2.67 bits per heavy atom. The Labute approximate surface area is 187 Å². The molecule has 1 aromatic carbocycles. The van der Waals surface area contributed by atoms with Gasteiger partial charge in [0.25, 0.3) is 12.0 Å². The van der Waals surface area contributed by atoms with Crippen LogP contribution in [0, 0.1) is 11.2 Å². The van der Waals surface area contributed by atoms with Crippen LogP contribution in [0.1, 0.15) is 36.0 Å². The Balaban J connectivity index is 1.52. The fourth-order valence-corrected chi connectivity index (χ4v) is 5.02. The average Bonchev–Trinajstić information content (AvgIpc) is 2.74. The number of nitrogens with zero attached hydrogens (tertiary/aromatic N) is 3. The summed E-state index contributed by atoms with van der Waals surface area (Å²) in [5.41, 5.74) is -0.539. The highest BCUT2D eigenvalue weighted by atomic mass is 19.3. The van der Waals surface area contributed by atoms with E-state index in [4.69, 9.17) is 9.47 Å². The molecule has 2 fully saturated rings. The fourth-order valence-electron chi connectivity index (χ4n) is 5.02. The van der Waals surface area contributed by atoms with E-state index in [0.717, 1.165) is 6.07 Å². The quantitative estimate of drug-likeness (QED) is 0.605. The van der Waals surface area contributed by atoms with Gasteiger partial charge < -0.3 is 14.8 Å². The maximum atomic E-state index is 14.5. The fraction of sp³-hybridized carbons (Fsp3) is 0.435. The Kier molecular flexibility index (Phi) is 5.17. The molecular formula is C23H23F3N4O3. The lowest BCUT2D eigenvalue weighted by molar-refractivity contribution is -0.254. The number of rotatable bonds is 6. The lowest BCUT2D eigenvalue weighted by Gasteiger charge is -2.59. The molecule has 1 aliphatic carbocycles. The highest BCUT2D eigenvalue weighted by Crippen LogP contribution is 2.59. The van der Waals surface area contributed by atoms with Gasteiger partial charge in [-0.2, -0.15) is 0 Å². The number of anilines is 1. The predicted molar refractivity (Wildman–Crippen MR) is 115 cm³/mol. The molecule has 0 radical (unpaired) electrons. The van der Waals surface area contributed by atoms with Crippen molar-refractivity contribution < 1.29 is 22.6 Å². The molecule has 1 spiro atoms. The molecule has 10 heteroatoms. The van der Waals surface area contributed by atoms with Crippen LogP contribution in [0.15, 0.2) is 35.4 Å². The molecule has 0 atom stereocenters. The van der Waals surface area contributed by atoms with E-state index in [9.17, 15) is 18.0 Å². The second-order valence-corrected chi connectivity index (χ2v) is 8.90. The van der Waals surface area contributed by atoms with Gasteiger partial charge in [0.2, 0.25) is 0 Å². The van der Waals surface area contributed by atoms with E-state index in [-0.39, 0.29) is 23.1 Å². The minimum atomic E-state index is -2.90. The number of hydrogen-bond donors (Lipinski definition) is 1. The number of methoxy groups -OCH3 is 1. The normalized spacial score (nSPS) is 18.4. The number of benzene rings is 1. The number of nitrogens with one attached hydrogen (secondary N) is 1. The number of halogens is 3. The van der Waals surface area contributed by atoms with Crippen LogP contribution < -0.4 is 10.9 Å². The summed E-state index contributed by atoms with van der Waals surface area (Å²) in [5.74, 6) is -0.585. The second-order valence-electron chi connectivity index (χ2n) is 8.90. The predicted octanol–water partition coefficient (Wildman–Crippen LogP) is 3.67. The van der Waals surface area contributed by atoms with E-state index in [0.29, 0.717) is 48.5 Å². The van der Waals surface area contributed by atoms with Crippen LogP contribution in [0.4, 0.5) is 19.0 Å². The minimum absolute atomic E-state index is 0.0531. The molecule has 33 heavy (non-hydrogen) atoms. The first-order valence-electron chi connectivity index (χ1n) is 10.6. The number of aryl methyl sites for hydroxylation is 1. The van der Waals surface area contributed by atoms with Crippen molar-refractivity contribution in [1.29, 1.82) is 0 Å². The highest BCUT2D eigenvalue weighted by molar-refractivity contribution is 5.87. The molecule has 7 nitrogen and oxygen atoms in total. The van der Waals surface area contributed by atoms with Crippen molar-refractivity contribution in [2.24, 2.45) is 12.5 Å². The monoisotopic (exact) mass is 460 g/mol. The largest absolute Gasteiger partial charge is 0.380 e. The van der Waals surface area contributed by atoms with Crippen LogP contribution in [-0.4, -0.2) is 34.9 Å². The first kappa shape index (κ1) is 21.8. The van der Waals surface area contributed by atoms with Crippen molar-refractivity contribution in [1.82, 2.24) is 14.5 Å². The molecule has 1 saturated heterocycles. The third kappa shape index (κ3) is 3.39. The van der Waals surface area contributed by atoms with E-state index in [1.54, 1.807) is 20.2 Å². The van der Waals surface area contributed by atoms with Crippen LogP contribution in [0.5, 0.6) is 0 Å². The lowest BCUT2D eigenvalue weighted by atomic mass is 9.56. The molecule has 3 aromatic rings. The van der Waals surface area contributed by atoms with E-state index < -0.39 is 23.4 Å². The van der Waals surface area contributed by atoms with Gasteiger partial charge in [0, 0.05) is 31.7 Å².